The fourth-order valence-electron chi connectivity index (χ4n) is 1.83. The molecule has 2 aromatic rings. The van der Waals surface area contributed by atoms with E-state index in [0.29, 0.717) is 12.3 Å². The molecule has 2 rings (SSSR count). The van der Waals surface area contributed by atoms with Gasteiger partial charge >= 0.3 is 5.97 Å². The van der Waals surface area contributed by atoms with E-state index >= 15 is 0 Å². The minimum Gasteiger partial charge on any atom is -0.496 e. The highest BCUT2D eigenvalue weighted by molar-refractivity contribution is 5.94. The molecule has 0 atom stereocenters. The fraction of sp³-hybridized carbons (Fsp3) is 0.214. The smallest absolute Gasteiger partial charge is 0.374 e. The summed E-state index contributed by atoms with van der Waals surface area (Å²) in [7, 11) is 3.14. The Labute approximate surface area is 120 Å². The van der Waals surface area contributed by atoms with Crippen molar-refractivity contribution in [1.29, 1.82) is 0 Å². The number of aromatic nitrogens is 1. The summed E-state index contributed by atoms with van der Waals surface area (Å²) in [5, 5.41) is 12.2. The predicted octanol–water partition coefficient (Wildman–Crippen LogP) is 1.65. The van der Waals surface area contributed by atoms with Gasteiger partial charge < -0.3 is 19.3 Å². The Morgan fingerprint density at radius 2 is 2.10 bits per heavy atom. The molecule has 0 spiro atoms. The average molecular weight is 290 g/mol. The molecule has 1 aromatic heterocycles. The molecule has 0 aliphatic heterocycles. The van der Waals surface area contributed by atoms with Gasteiger partial charge in [0, 0.05) is 25.2 Å². The molecule has 0 saturated heterocycles. The second-order valence-electron chi connectivity index (χ2n) is 4.35. The van der Waals surface area contributed by atoms with Gasteiger partial charge in [0.05, 0.1) is 7.11 Å². The predicted molar refractivity (Wildman–Crippen MR) is 72.3 cm³/mol. The van der Waals surface area contributed by atoms with Crippen LogP contribution in [0, 0.1) is 0 Å². The van der Waals surface area contributed by atoms with Gasteiger partial charge in [0.2, 0.25) is 5.76 Å². The first kappa shape index (κ1) is 14.6. The third kappa shape index (κ3) is 3.19. The van der Waals surface area contributed by atoms with Crippen molar-refractivity contribution in [2.24, 2.45) is 0 Å². The van der Waals surface area contributed by atoms with Crippen molar-refractivity contribution in [3.63, 3.8) is 0 Å². The van der Waals surface area contributed by atoms with Crippen LogP contribution in [0.25, 0.3) is 0 Å². The summed E-state index contributed by atoms with van der Waals surface area (Å²) in [5.41, 5.74) is 0.780. The maximum absolute atomic E-state index is 12.2. The molecule has 110 valence electrons. The standard InChI is InChI=1S/C14H14N2O5/c1-16(8-9-5-3-4-6-11(9)20-2)13(17)10-7-12(14(18)19)21-15-10/h3-7H,8H2,1-2H3,(H,18,19). The normalized spacial score (nSPS) is 10.2. The summed E-state index contributed by atoms with van der Waals surface area (Å²) in [4.78, 5) is 24.3. The van der Waals surface area contributed by atoms with Crippen LogP contribution in [0.5, 0.6) is 5.75 Å². The van der Waals surface area contributed by atoms with E-state index in [1.165, 1.54) is 4.90 Å². The number of aromatic carboxylic acids is 1. The molecule has 0 fully saturated rings. The molecular formula is C14H14N2O5. The number of methoxy groups -OCH3 is 1. The Kier molecular flexibility index (Phi) is 4.22. The second-order valence-corrected chi connectivity index (χ2v) is 4.35. The third-order valence-corrected chi connectivity index (χ3v) is 2.89. The Balaban J connectivity index is 2.13. The van der Waals surface area contributed by atoms with Crippen molar-refractivity contribution in [2.75, 3.05) is 14.2 Å². The van der Waals surface area contributed by atoms with Crippen LogP contribution in [0.2, 0.25) is 0 Å². The molecule has 7 nitrogen and oxygen atoms in total. The van der Waals surface area contributed by atoms with Crippen LogP contribution in [0.15, 0.2) is 34.9 Å². The summed E-state index contributed by atoms with van der Waals surface area (Å²) in [6.45, 7) is 0.304. The number of carbonyl (C=O) groups is 2. The van der Waals surface area contributed by atoms with E-state index in [0.717, 1.165) is 11.6 Å². The van der Waals surface area contributed by atoms with E-state index in [-0.39, 0.29) is 11.5 Å². The van der Waals surface area contributed by atoms with Gasteiger partial charge in [0.1, 0.15) is 5.75 Å². The first-order valence-electron chi connectivity index (χ1n) is 6.10. The molecule has 1 heterocycles. The molecule has 0 unspecified atom stereocenters. The van der Waals surface area contributed by atoms with E-state index in [2.05, 4.69) is 9.68 Å². The number of hydrogen-bond donors (Lipinski definition) is 1. The van der Waals surface area contributed by atoms with Crippen molar-refractivity contribution in [3.8, 4) is 5.75 Å². The fourth-order valence-corrected chi connectivity index (χ4v) is 1.83. The van der Waals surface area contributed by atoms with Crippen LogP contribution in [0.3, 0.4) is 0 Å². The molecule has 0 aliphatic carbocycles. The lowest BCUT2D eigenvalue weighted by molar-refractivity contribution is 0.0649. The van der Waals surface area contributed by atoms with Crippen LogP contribution < -0.4 is 4.74 Å². The van der Waals surface area contributed by atoms with Crippen molar-refractivity contribution in [2.45, 2.75) is 6.54 Å². The Morgan fingerprint density at radius 3 is 2.71 bits per heavy atom. The van der Waals surface area contributed by atoms with E-state index in [4.69, 9.17) is 9.84 Å². The molecule has 0 aliphatic rings. The van der Waals surface area contributed by atoms with Gasteiger partial charge in [-0.1, -0.05) is 23.4 Å². The van der Waals surface area contributed by atoms with Crippen LogP contribution in [-0.2, 0) is 6.54 Å². The van der Waals surface area contributed by atoms with Gasteiger partial charge in [-0.15, -0.1) is 0 Å². The zero-order valence-corrected chi connectivity index (χ0v) is 11.6. The highest BCUT2D eigenvalue weighted by atomic mass is 16.5. The summed E-state index contributed by atoms with van der Waals surface area (Å²) >= 11 is 0. The van der Waals surface area contributed by atoms with Crippen molar-refractivity contribution in [1.82, 2.24) is 10.1 Å². The number of carbonyl (C=O) groups excluding carboxylic acids is 1. The number of benzene rings is 1. The number of para-hydroxylation sites is 1. The van der Waals surface area contributed by atoms with Crippen LogP contribution in [0.1, 0.15) is 26.6 Å². The number of nitrogens with zero attached hydrogens (tertiary/aromatic N) is 2. The number of carboxylic acid groups (broad SMARTS) is 1. The van der Waals surface area contributed by atoms with Gasteiger partial charge in [-0.05, 0) is 6.07 Å². The number of hydrogen-bond acceptors (Lipinski definition) is 5. The molecule has 1 N–H and O–H groups in total. The lowest BCUT2D eigenvalue weighted by atomic mass is 10.2. The number of ether oxygens (including phenoxy) is 1. The van der Waals surface area contributed by atoms with E-state index in [1.807, 2.05) is 18.2 Å². The first-order chi connectivity index (χ1) is 10.0. The zero-order valence-electron chi connectivity index (χ0n) is 11.6. The lowest BCUT2D eigenvalue weighted by Gasteiger charge is -2.17. The monoisotopic (exact) mass is 290 g/mol. The van der Waals surface area contributed by atoms with E-state index in [9.17, 15) is 9.59 Å². The molecule has 1 amide bonds. The molecule has 7 heteroatoms. The van der Waals surface area contributed by atoms with Gasteiger partial charge in [-0.3, -0.25) is 4.79 Å². The van der Waals surface area contributed by atoms with Gasteiger partial charge in [-0.25, -0.2) is 4.79 Å². The number of rotatable bonds is 5. The van der Waals surface area contributed by atoms with Gasteiger partial charge in [0.25, 0.3) is 5.91 Å². The Bertz CT molecular complexity index is 665. The molecule has 21 heavy (non-hydrogen) atoms. The summed E-state index contributed by atoms with van der Waals surface area (Å²) < 4.78 is 9.79. The minimum absolute atomic E-state index is 0.0511. The highest BCUT2D eigenvalue weighted by Crippen LogP contribution is 2.19. The van der Waals surface area contributed by atoms with Crippen molar-refractivity contribution in [3.05, 3.63) is 47.3 Å². The Morgan fingerprint density at radius 1 is 1.38 bits per heavy atom. The summed E-state index contributed by atoms with van der Waals surface area (Å²) in [5.74, 6) is -1.40. The van der Waals surface area contributed by atoms with Gasteiger partial charge in [0.15, 0.2) is 5.69 Å². The summed E-state index contributed by atoms with van der Waals surface area (Å²) in [6, 6.07) is 8.42. The maximum atomic E-state index is 12.2. The molecule has 0 radical (unpaired) electrons. The molecule has 0 saturated carbocycles. The molecule has 1 aromatic carbocycles. The quantitative estimate of drug-likeness (QED) is 0.900. The minimum atomic E-state index is -1.27. The number of amides is 1. The SMILES string of the molecule is COc1ccccc1CN(C)C(=O)c1cc(C(=O)O)on1. The zero-order chi connectivity index (χ0) is 15.4. The van der Waals surface area contributed by atoms with E-state index in [1.54, 1.807) is 20.2 Å². The third-order valence-electron chi connectivity index (χ3n) is 2.89. The maximum Gasteiger partial charge on any atom is 0.374 e. The van der Waals surface area contributed by atoms with Crippen LogP contribution >= 0.6 is 0 Å². The number of carboxylic acids is 1. The largest absolute Gasteiger partial charge is 0.496 e. The second kappa shape index (κ2) is 6.08. The summed E-state index contributed by atoms with van der Waals surface area (Å²) in [6.07, 6.45) is 0. The molecule has 0 bridgehead atoms. The van der Waals surface area contributed by atoms with E-state index < -0.39 is 11.9 Å². The molecular weight excluding hydrogens is 276 g/mol. The van der Waals surface area contributed by atoms with Crippen molar-refractivity contribution >= 4 is 11.9 Å². The highest BCUT2D eigenvalue weighted by Gasteiger charge is 2.20. The lowest BCUT2D eigenvalue weighted by Crippen LogP contribution is -2.26. The topological polar surface area (TPSA) is 92.9 Å². The average Bonchev–Trinajstić information content (AvgIpc) is 2.97. The van der Waals surface area contributed by atoms with Crippen molar-refractivity contribution < 1.29 is 24.0 Å². The van der Waals surface area contributed by atoms with Crippen LogP contribution in [-0.4, -0.2) is 41.2 Å². The van der Waals surface area contributed by atoms with Gasteiger partial charge in [-0.2, -0.15) is 0 Å². The van der Waals surface area contributed by atoms with Crippen LogP contribution in [0.4, 0.5) is 0 Å². The first-order valence-corrected chi connectivity index (χ1v) is 6.10. The Hall–Kier alpha value is -2.83.